The highest BCUT2D eigenvalue weighted by molar-refractivity contribution is 7.46. The van der Waals surface area contributed by atoms with Crippen LogP contribution in [0.5, 0.6) is 0 Å². The number of hydrogen-bond donors (Lipinski definition) is 6. The molecule has 12 heteroatoms. The van der Waals surface area contributed by atoms with Gasteiger partial charge in [-0.25, -0.2) is 9.55 Å². The molecule has 22 heavy (non-hydrogen) atoms. The Kier molecular flexibility index (Phi) is 4.59. The minimum absolute atomic E-state index is 0.0697. The lowest BCUT2D eigenvalue weighted by Gasteiger charge is -2.17. The van der Waals surface area contributed by atoms with Gasteiger partial charge in [-0.3, -0.25) is 9.09 Å². The van der Waals surface area contributed by atoms with Crippen LogP contribution in [-0.2, 0) is 13.8 Å². The maximum absolute atomic E-state index is 10.7. The van der Waals surface area contributed by atoms with E-state index in [9.17, 15) is 14.8 Å². The Morgan fingerprint density at radius 3 is 2.64 bits per heavy atom. The average Bonchev–Trinajstić information content (AvgIpc) is 2.90. The van der Waals surface area contributed by atoms with Crippen molar-refractivity contribution in [3.8, 4) is 0 Å². The van der Waals surface area contributed by atoms with Gasteiger partial charge in [-0.05, 0) is 0 Å². The van der Waals surface area contributed by atoms with Crippen molar-refractivity contribution < 1.29 is 33.8 Å². The highest BCUT2D eigenvalue weighted by Crippen LogP contribution is 2.39. The van der Waals surface area contributed by atoms with Crippen LogP contribution in [0, 0.1) is 0 Å². The van der Waals surface area contributed by atoms with Crippen molar-refractivity contribution in [2.45, 2.75) is 24.5 Å². The van der Waals surface area contributed by atoms with Gasteiger partial charge in [-0.2, -0.15) is 0 Å². The fourth-order valence-corrected chi connectivity index (χ4v) is 2.43. The Morgan fingerprint density at radius 2 is 2.14 bits per heavy atom. The monoisotopic (exact) mass is 336 g/mol. The van der Waals surface area contributed by atoms with Crippen LogP contribution in [0.15, 0.2) is 12.9 Å². The first-order chi connectivity index (χ1) is 10.1. The molecule has 1 aliphatic rings. The summed E-state index contributed by atoms with van der Waals surface area (Å²) < 4.78 is 21.5. The van der Waals surface area contributed by atoms with E-state index >= 15 is 0 Å². The van der Waals surface area contributed by atoms with Crippen LogP contribution in [0.4, 0.5) is 5.82 Å². The molecule has 0 aromatic carbocycles. The Hall–Kier alpha value is -1.46. The largest absolute Gasteiger partial charge is 0.469 e. The molecule has 1 aromatic rings. The van der Waals surface area contributed by atoms with Gasteiger partial charge in [-0.15, -0.1) is 0 Å². The number of nitrogens with zero attached hydrogens (tertiary/aromatic N) is 2. The average molecular weight is 336 g/mol. The van der Waals surface area contributed by atoms with Crippen LogP contribution in [0.1, 0.15) is 11.9 Å². The molecule has 1 fully saturated rings. The number of aliphatic hydroxyl groups is 2. The predicted molar refractivity (Wildman–Crippen MR) is 73.8 cm³/mol. The minimum Gasteiger partial charge on any atom is -0.397 e. The summed E-state index contributed by atoms with van der Waals surface area (Å²) in [7, 11) is -4.72. The normalized spacial score (nSPS) is 28.9. The van der Waals surface area contributed by atoms with E-state index in [1.165, 1.54) is 10.9 Å². The van der Waals surface area contributed by atoms with Gasteiger partial charge < -0.3 is 36.2 Å². The SMILES string of the molecule is C=C(N)c1ncn([C@@H]2O[C@H](COP(=O)(O)O)[C@@H](O)[C@H]2O)c1N. The molecule has 0 amide bonds. The third-order valence-corrected chi connectivity index (χ3v) is 3.64. The summed E-state index contributed by atoms with van der Waals surface area (Å²) >= 11 is 0. The zero-order chi connectivity index (χ0) is 16.7. The van der Waals surface area contributed by atoms with Crippen LogP contribution in [0.3, 0.4) is 0 Å². The molecule has 0 radical (unpaired) electrons. The van der Waals surface area contributed by atoms with E-state index < -0.39 is 39.0 Å². The second kappa shape index (κ2) is 5.97. The number of ether oxygens (including phenoxy) is 1. The topological polar surface area (TPSA) is 186 Å². The predicted octanol–water partition coefficient (Wildman–Crippen LogP) is -1.88. The molecule has 124 valence electrons. The Labute approximate surface area is 125 Å². The lowest BCUT2D eigenvalue weighted by atomic mass is 10.1. The lowest BCUT2D eigenvalue weighted by Crippen LogP contribution is -2.33. The first kappa shape index (κ1) is 16.9. The molecule has 0 saturated carbocycles. The van der Waals surface area contributed by atoms with Crippen molar-refractivity contribution in [3.05, 3.63) is 18.6 Å². The molecule has 2 heterocycles. The number of imidazole rings is 1. The van der Waals surface area contributed by atoms with E-state index in [0.717, 1.165) is 0 Å². The van der Waals surface area contributed by atoms with E-state index in [2.05, 4.69) is 16.1 Å². The molecule has 1 saturated heterocycles. The molecule has 1 aliphatic heterocycles. The van der Waals surface area contributed by atoms with Crippen LogP contribution in [0.2, 0.25) is 0 Å². The molecule has 2 rings (SSSR count). The Balaban J connectivity index is 2.16. The minimum atomic E-state index is -4.72. The third-order valence-electron chi connectivity index (χ3n) is 3.15. The second-order valence-electron chi connectivity index (χ2n) is 4.74. The molecule has 11 nitrogen and oxygen atoms in total. The standard InChI is InChI=1S/C10H17N4O7P/c1-4(11)6-9(12)14(3-13-6)10-8(16)7(15)5(21-10)2-20-22(17,18)19/h3,5,7-8,10,15-16H,1-2,11-12H2,(H2,17,18,19)/t5-,7-,8-,10-/m1/s1. The van der Waals surface area contributed by atoms with Crippen molar-refractivity contribution in [3.63, 3.8) is 0 Å². The number of aliphatic hydroxyl groups excluding tert-OH is 2. The van der Waals surface area contributed by atoms with Crippen molar-refractivity contribution in [1.82, 2.24) is 9.55 Å². The van der Waals surface area contributed by atoms with Crippen LogP contribution in [0.25, 0.3) is 5.70 Å². The molecule has 8 N–H and O–H groups in total. The van der Waals surface area contributed by atoms with Gasteiger partial charge in [0, 0.05) is 0 Å². The van der Waals surface area contributed by atoms with E-state index in [0.29, 0.717) is 0 Å². The molecule has 0 unspecified atom stereocenters. The fourth-order valence-electron chi connectivity index (χ4n) is 2.09. The van der Waals surface area contributed by atoms with Crippen molar-refractivity contribution in [2.24, 2.45) is 5.73 Å². The molecular formula is C10H17N4O7P. The molecule has 0 bridgehead atoms. The van der Waals surface area contributed by atoms with Crippen molar-refractivity contribution in [2.75, 3.05) is 12.3 Å². The number of rotatable bonds is 5. The maximum atomic E-state index is 10.7. The summed E-state index contributed by atoms with van der Waals surface area (Å²) in [5.41, 5.74) is 11.6. The van der Waals surface area contributed by atoms with Gasteiger partial charge in [0.1, 0.15) is 29.8 Å². The molecule has 0 aliphatic carbocycles. The van der Waals surface area contributed by atoms with Crippen molar-refractivity contribution in [1.29, 1.82) is 0 Å². The summed E-state index contributed by atoms with van der Waals surface area (Å²) in [6.45, 7) is 2.89. The quantitative estimate of drug-likeness (QED) is 0.332. The highest BCUT2D eigenvalue weighted by atomic mass is 31.2. The first-order valence-corrected chi connectivity index (χ1v) is 7.63. The second-order valence-corrected chi connectivity index (χ2v) is 5.98. The van der Waals surface area contributed by atoms with E-state index in [-0.39, 0.29) is 17.2 Å². The highest BCUT2D eigenvalue weighted by Gasteiger charge is 2.45. The number of nitrogens with two attached hydrogens (primary N) is 2. The van der Waals surface area contributed by atoms with Gasteiger partial charge in [0.05, 0.1) is 18.6 Å². The van der Waals surface area contributed by atoms with Crippen LogP contribution < -0.4 is 11.5 Å². The van der Waals surface area contributed by atoms with Gasteiger partial charge in [0.2, 0.25) is 0 Å². The van der Waals surface area contributed by atoms with E-state index in [1.54, 1.807) is 0 Å². The zero-order valence-corrected chi connectivity index (χ0v) is 12.2. The number of nitrogen functional groups attached to an aromatic ring is 1. The summed E-state index contributed by atoms with van der Waals surface area (Å²) in [5, 5.41) is 19.9. The number of phosphoric ester groups is 1. The van der Waals surface area contributed by atoms with Gasteiger partial charge in [0.25, 0.3) is 0 Å². The van der Waals surface area contributed by atoms with Gasteiger partial charge in [0.15, 0.2) is 6.23 Å². The van der Waals surface area contributed by atoms with Gasteiger partial charge >= 0.3 is 7.82 Å². The Bertz CT molecular complexity index is 614. The smallest absolute Gasteiger partial charge is 0.397 e. The summed E-state index contributed by atoms with van der Waals surface area (Å²) in [5.74, 6) is 0.0697. The molecular weight excluding hydrogens is 319 g/mol. The van der Waals surface area contributed by atoms with Gasteiger partial charge in [-0.1, -0.05) is 6.58 Å². The molecule has 1 aromatic heterocycles. The number of hydrogen-bond acceptors (Lipinski definition) is 8. The zero-order valence-electron chi connectivity index (χ0n) is 11.3. The first-order valence-electron chi connectivity index (χ1n) is 6.10. The maximum Gasteiger partial charge on any atom is 0.469 e. The molecule has 0 spiro atoms. The third kappa shape index (κ3) is 3.31. The number of phosphoric acid groups is 1. The Morgan fingerprint density at radius 1 is 1.50 bits per heavy atom. The summed E-state index contributed by atoms with van der Waals surface area (Å²) in [4.78, 5) is 21.2. The fraction of sp³-hybridized carbons (Fsp3) is 0.500. The number of aromatic nitrogens is 2. The van der Waals surface area contributed by atoms with E-state index in [4.69, 9.17) is 26.0 Å². The van der Waals surface area contributed by atoms with E-state index in [1.807, 2.05) is 0 Å². The summed E-state index contributed by atoms with van der Waals surface area (Å²) in [6, 6.07) is 0. The molecule has 4 atom stereocenters. The van der Waals surface area contributed by atoms with Crippen LogP contribution in [-0.4, -0.2) is 54.5 Å². The lowest BCUT2D eigenvalue weighted by molar-refractivity contribution is -0.0510. The van der Waals surface area contributed by atoms with Crippen molar-refractivity contribution >= 4 is 19.3 Å². The summed E-state index contributed by atoms with van der Waals surface area (Å²) in [6.07, 6.45) is -3.85. The number of anilines is 1. The van der Waals surface area contributed by atoms with Crippen LogP contribution >= 0.6 is 7.82 Å².